The van der Waals surface area contributed by atoms with Crippen LogP contribution in [0.3, 0.4) is 0 Å². The van der Waals surface area contributed by atoms with Crippen LogP contribution in [-0.2, 0) is 4.79 Å². The van der Waals surface area contributed by atoms with Crippen LogP contribution >= 0.6 is 0 Å². The summed E-state index contributed by atoms with van der Waals surface area (Å²) < 4.78 is 5.26. The van der Waals surface area contributed by atoms with E-state index >= 15 is 0 Å². The first-order valence-electron chi connectivity index (χ1n) is 6.24. The van der Waals surface area contributed by atoms with Gasteiger partial charge in [-0.15, -0.1) is 0 Å². The van der Waals surface area contributed by atoms with Gasteiger partial charge in [0.1, 0.15) is 5.75 Å². The SMILES string of the molecule is CC(=O)c1ccc2cc(OC(=O)C(C)C)ccc2c1. The molecule has 0 unspecified atom stereocenters. The Balaban J connectivity index is 2.34. The predicted octanol–water partition coefficient (Wildman–Crippen LogP) is 3.60. The molecule has 0 spiro atoms. The molecule has 0 N–H and O–H groups in total. The molecule has 0 heterocycles. The van der Waals surface area contributed by atoms with E-state index < -0.39 is 0 Å². The van der Waals surface area contributed by atoms with Gasteiger partial charge in [-0.25, -0.2) is 0 Å². The lowest BCUT2D eigenvalue weighted by atomic mass is 10.0. The lowest BCUT2D eigenvalue weighted by Crippen LogP contribution is -2.14. The molecule has 19 heavy (non-hydrogen) atoms. The van der Waals surface area contributed by atoms with Gasteiger partial charge < -0.3 is 4.74 Å². The van der Waals surface area contributed by atoms with Crippen molar-refractivity contribution in [3.8, 4) is 5.75 Å². The summed E-state index contributed by atoms with van der Waals surface area (Å²) in [5.74, 6) is 0.162. The normalized spacial score (nSPS) is 10.7. The van der Waals surface area contributed by atoms with Crippen molar-refractivity contribution in [2.75, 3.05) is 0 Å². The molecule has 0 aromatic heterocycles. The van der Waals surface area contributed by atoms with Gasteiger partial charge in [-0.05, 0) is 35.9 Å². The van der Waals surface area contributed by atoms with Crippen molar-refractivity contribution in [1.29, 1.82) is 0 Å². The van der Waals surface area contributed by atoms with E-state index in [1.807, 2.05) is 18.2 Å². The predicted molar refractivity (Wildman–Crippen MR) is 74.4 cm³/mol. The van der Waals surface area contributed by atoms with Crippen LogP contribution in [0.5, 0.6) is 5.75 Å². The molecular weight excluding hydrogens is 240 g/mol. The van der Waals surface area contributed by atoms with Crippen LogP contribution in [0.4, 0.5) is 0 Å². The number of esters is 1. The van der Waals surface area contributed by atoms with Gasteiger partial charge in [0, 0.05) is 5.56 Å². The number of fused-ring (bicyclic) bond motifs is 1. The van der Waals surface area contributed by atoms with E-state index in [9.17, 15) is 9.59 Å². The van der Waals surface area contributed by atoms with Crippen LogP contribution in [0.2, 0.25) is 0 Å². The van der Waals surface area contributed by atoms with Crippen LogP contribution in [0.25, 0.3) is 10.8 Å². The third-order valence-corrected chi connectivity index (χ3v) is 2.91. The van der Waals surface area contributed by atoms with Crippen molar-refractivity contribution >= 4 is 22.5 Å². The van der Waals surface area contributed by atoms with Crippen molar-refractivity contribution in [3.05, 3.63) is 42.0 Å². The van der Waals surface area contributed by atoms with Crippen molar-refractivity contribution in [2.24, 2.45) is 5.92 Å². The van der Waals surface area contributed by atoms with E-state index in [0.29, 0.717) is 11.3 Å². The molecule has 0 saturated heterocycles. The summed E-state index contributed by atoms with van der Waals surface area (Å²) in [5.41, 5.74) is 0.680. The van der Waals surface area contributed by atoms with E-state index in [2.05, 4.69) is 0 Å². The van der Waals surface area contributed by atoms with Crippen LogP contribution in [-0.4, -0.2) is 11.8 Å². The van der Waals surface area contributed by atoms with E-state index in [-0.39, 0.29) is 17.7 Å². The maximum Gasteiger partial charge on any atom is 0.313 e. The standard InChI is InChI=1S/C16H16O3/c1-10(2)16(18)19-15-7-6-13-8-12(11(3)17)4-5-14(13)9-15/h4-10H,1-3H3. The maximum absolute atomic E-state index is 11.5. The summed E-state index contributed by atoms with van der Waals surface area (Å²) in [5, 5.41) is 1.90. The maximum atomic E-state index is 11.5. The molecule has 98 valence electrons. The minimum atomic E-state index is -0.250. The van der Waals surface area contributed by atoms with Gasteiger partial charge in [0.25, 0.3) is 0 Å². The first kappa shape index (κ1) is 13.3. The zero-order valence-corrected chi connectivity index (χ0v) is 11.3. The van der Waals surface area contributed by atoms with Crippen LogP contribution in [0.15, 0.2) is 36.4 Å². The number of hydrogen-bond acceptors (Lipinski definition) is 3. The van der Waals surface area contributed by atoms with Crippen molar-refractivity contribution in [1.82, 2.24) is 0 Å². The Hall–Kier alpha value is -2.16. The van der Waals surface area contributed by atoms with Crippen LogP contribution < -0.4 is 4.74 Å². The number of rotatable bonds is 3. The monoisotopic (exact) mass is 256 g/mol. The summed E-state index contributed by atoms with van der Waals surface area (Å²) in [4.78, 5) is 22.8. The summed E-state index contributed by atoms with van der Waals surface area (Å²) in [6.07, 6.45) is 0. The number of benzene rings is 2. The molecule has 2 aromatic rings. The smallest absolute Gasteiger partial charge is 0.313 e. The summed E-state index contributed by atoms with van der Waals surface area (Å²) in [6.45, 7) is 5.13. The Labute approximate surface area is 112 Å². The molecule has 3 nitrogen and oxygen atoms in total. The zero-order valence-electron chi connectivity index (χ0n) is 11.3. The van der Waals surface area contributed by atoms with Gasteiger partial charge in [0.05, 0.1) is 5.92 Å². The average molecular weight is 256 g/mol. The molecule has 0 fully saturated rings. The molecule has 0 aliphatic heterocycles. The second-order valence-corrected chi connectivity index (χ2v) is 4.86. The highest BCUT2D eigenvalue weighted by Crippen LogP contribution is 2.23. The van der Waals surface area contributed by atoms with Crippen molar-refractivity contribution in [2.45, 2.75) is 20.8 Å². The number of Topliss-reactive ketones (excluding diaryl/α,β-unsaturated/α-hetero) is 1. The molecule has 0 bridgehead atoms. The summed E-state index contributed by atoms with van der Waals surface area (Å²) >= 11 is 0. The molecule has 0 atom stereocenters. The van der Waals surface area contributed by atoms with E-state index in [1.54, 1.807) is 39.0 Å². The van der Waals surface area contributed by atoms with Gasteiger partial charge in [-0.3, -0.25) is 9.59 Å². The third kappa shape index (κ3) is 2.99. The highest BCUT2D eigenvalue weighted by molar-refractivity contribution is 5.98. The third-order valence-electron chi connectivity index (χ3n) is 2.91. The minimum Gasteiger partial charge on any atom is -0.426 e. The first-order chi connectivity index (χ1) is 8.97. The lowest BCUT2D eigenvalue weighted by molar-refractivity contribution is -0.137. The molecule has 3 heteroatoms. The fourth-order valence-corrected chi connectivity index (χ4v) is 1.74. The van der Waals surface area contributed by atoms with E-state index in [1.165, 1.54) is 0 Å². The highest BCUT2D eigenvalue weighted by Gasteiger charge is 2.10. The van der Waals surface area contributed by atoms with E-state index in [0.717, 1.165) is 10.8 Å². The quantitative estimate of drug-likeness (QED) is 0.478. The van der Waals surface area contributed by atoms with Gasteiger partial charge in [-0.2, -0.15) is 0 Å². The molecule has 0 aliphatic rings. The number of ketones is 1. The van der Waals surface area contributed by atoms with Gasteiger partial charge >= 0.3 is 5.97 Å². The number of carbonyl (C=O) groups is 2. The Bertz CT molecular complexity index is 641. The first-order valence-corrected chi connectivity index (χ1v) is 6.24. The van der Waals surface area contributed by atoms with Crippen molar-refractivity contribution in [3.63, 3.8) is 0 Å². The molecule has 0 saturated carbocycles. The summed E-state index contributed by atoms with van der Waals surface area (Å²) in [6, 6.07) is 10.9. The number of hydrogen-bond donors (Lipinski definition) is 0. The summed E-state index contributed by atoms with van der Waals surface area (Å²) in [7, 11) is 0. The lowest BCUT2D eigenvalue weighted by Gasteiger charge is -2.08. The second kappa shape index (κ2) is 5.22. The Kier molecular flexibility index (Phi) is 3.65. The molecule has 2 aromatic carbocycles. The molecule has 0 aliphatic carbocycles. The highest BCUT2D eigenvalue weighted by atomic mass is 16.5. The number of carbonyl (C=O) groups excluding carboxylic acids is 2. The second-order valence-electron chi connectivity index (χ2n) is 4.86. The van der Waals surface area contributed by atoms with E-state index in [4.69, 9.17) is 4.74 Å². The van der Waals surface area contributed by atoms with Crippen molar-refractivity contribution < 1.29 is 14.3 Å². The molecule has 2 rings (SSSR count). The molecule has 0 amide bonds. The van der Waals surface area contributed by atoms with Gasteiger partial charge in [0.15, 0.2) is 5.78 Å². The van der Waals surface area contributed by atoms with Crippen LogP contribution in [0, 0.1) is 5.92 Å². The Morgan fingerprint density at radius 1 is 1.00 bits per heavy atom. The fraction of sp³-hybridized carbons (Fsp3) is 0.250. The Morgan fingerprint density at radius 2 is 1.63 bits per heavy atom. The average Bonchev–Trinajstić information content (AvgIpc) is 2.37. The minimum absolute atomic E-state index is 0.0391. The van der Waals surface area contributed by atoms with Gasteiger partial charge in [0.2, 0.25) is 0 Å². The topological polar surface area (TPSA) is 43.4 Å². The van der Waals surface area contributed by atoms with Crippen LogP contribution in [0.1, 0.15) is 31.1 Å². The largest absolute Gasteiger partial charge is 0.426 e. The molecule has 0 radical (unpaired) electrons. The number of ether oxygens (including phenoxy) is 1. The Morgan fingerprint density at radius 3 is 2.26 bits per heavy atom. The molecular formula is C16H16O3. The zero-order chi connectivity index (χ0) is 14.0. The van der Waals surface area contributed by atoms with Gasteiger partial charge in [-0.1, -0.05) is 32.0 Å². The fourth-order valence-electron chi connectivity index (χ4n) is 1.74.